The largest absolute Gasteiger partial charge is 0.378 e. The van der Waals surface area contributed by atoms with Gasteiger partial charge in [0, 0.05) is 37.5 Å². The number of nitrogens with zero attached hydrogens (tertiary/aromatic N) is 2. The van der Waals surface area contributed by atoms with Crippen LogP contribution in [0.4, 0.5) is 0 Å². The van der Waals surface area contributed by atoms with Crippen molar-refractivity contribution in [2.45, 2.75) is 44.8 Å². The molecule has 5 heteroatoms. The summed E-state index contributed by atoms with van der Waals surface area (Å²) in [4.78, 5) is 19.2. The molecular weight excluding hydrogens is 302 g/mol. The second-order valence-corrected chi connectivity index (χ2v) is 7.13. The quantitative estimate of drug-likeness (QED) is 0.900. The standard InChI is InChI=1S/C19H29N3O2/c1-3-17-11-14(7-10-24-17)19(23)21-13-16-6-9-22(2)18(16)15-5-4-8-20-12-15/h4-5,8,12,14,16-18H,3,6-7,9-11,13H2,1-2H3,(H,21,23)/t14-,16+,17-,18+/m1/s1. The first kappa shape index (κ1) is 17.4. The second-order valence-electron chi connectivity index (χ2n) is 7.13. The highest BCUT2D eigenvalue weighted by Gasteiger charge is 2.34. The van der Waals surface area contributed by atoms with Crippen molar-refractivity contribution < 1.29 is 9.53 Å². The number of nitrogens with one attached hydrogen (secondary N) is 1. The maximum absolute atomic E-state index is 12.5. The smallest absolute Gasteiger partial charge is 0.223 e. The molecule has 2 fully saturated rings. The van der Waals surface area contributed by atoms with Crippen LogP contribution in [0.1, 0.15) is 44.2 Å². The van der Waals surface area contributed by atoms with Gasteiger partial charge in [-0.15, -0.1) is 0 Å². The van der Waals surface area contributed by atoms with Crippen LogP contribution in [0.2, 0.25) is 0 Å². The van der Waals surface area contributed by atoms with E-state index in [4.69, 9.17) is 4.74 Å². The van der Waals surface area contributed by atoms with Crippen LogP contribution in [0, 0.1) is 11.8 Å². The Bertz CT molecular complexity index is 537. The molecule has 4 atom stereocenters. The number of rotatable bonds is 5. The topological polar surface area (TPSA) is 54.5 Å². The molecule has 0 bridgehead atoms. The molecular formula is C19H29N3O2. The summed E-state index contributed by atoms with van der Waals surface area (Å²) in [5.74, 6) is 0.765. The number of carbonyl (C=O) groups is 1. The van der Waals surface area contributed by atoms with Crippen LogP contribution < -0.4 is 5.32 Å². The van der Waals surface area contributed by atoms with Gasteiger partial charge in [0.05, 0.1) is 6.10 Å². The van der Waals surface area contributed by atoms with Crippen LogP contribution in [0.15, 0.2) is 24.5 Å². The molecule has 0 radical (unpaired) electrons. The molecule has 2 saturated heterocycles. The molecule has 0 spiro atoms. The molecule has 1 aromatic heterocycles. The number of hydrogen-bond acceptors (Lipinski definition) is 4. The maximum Gasteiger partial charge on any atom is 0.223 e. The van der Waals surface area contributed by atoms with E-state index in [0.29, 0.717) is 18.6 Å². The van der Waals surface area contributed by atoms with E-state index in [2.05, 4.69) is 35.2 Å². The summed E-state index contributed by atoms with van der Waals surface area (Å²) in [6.07, 6.45) is 7.81. The zero-order chi connectivity index (χ0) is 16.9. The van der Waals surface area contributed by atoms with Gasteiger partial charge in [-0.1, -0.05) is 13.0 Å². The number of hydrogen-bond donors (Lipinski definition) is 1. The van der Waals surface area contributed by atoms with Gasteiger partial charge in [0.2, 0.25) is 5.91 Å². The summed E-state index contributed by atoms with van der Waals surface area (Å²) in [6.45, 7) is 4.64. The van der Waals surface area contributed by atoms with Crippen LogP contribution >= 0.6 is 0 Å². The SMILES string of the molecule is CC[C@@H]1C[C@H](C(=O)NC[C@@H]2CCN(C)[C@H]2c2cccnc2)CCO1. The first-order valence-electron chi connectivity index (χ1n) is 9.18. The van der Waals surface area contributed by atoms with Crippen molar-refractivity contribution in [3.8, 4) is 0 Å². The van der Waals surface area contributed by atoms with Gasteiger partial charge < -0.3 is 10.1 Å². The van der Waals surface area contributed by atoms with Crippen molar-refractivity contribution in [1.82, 2.24) is 15.2 Å². The van der Waals surface area contributed by atoms with Gasteiger partial charge in [0.15, 0.2) is 0 Å². The fourth-order valence-corrected chi connectivity index (χ4v) is 4.10. The Labute approximate surface area is 144 Å². The molecule has 132 valence electrons. The highest BCUT2D eigenvalue weighted by molar-refractivity contribution is 5.78. The van der Waals surface area contributed by atoms with Crippen LogP contribution in [0.25, 0.3) is 0 Å². The van der Waals surface area contributed by atoms with Crippen LogP contribution in [-0.2, 0) is 9.53 Å². The van der Waals surface area contributed by atoms with Gasteiger partial charge in [-0.3, -0.25) is 14.7 Å². The van der Waals surface area contributed by atoms with Crippen molar-refractivity contribution in [2.24, 2.45) is 11.8 Å². The van der Waals surface area contributed by atoms with E-state index in [1.165, 1.54) is 5.56 Å². The van der Waals surface area contributed by atoms with E-state index in [-0.39, 0.29) is 17.9 Å². The molecule has 1 amide bonds. The second kappa shape index (κ2) is 8.08. The van der Waals surface area contributed by atoms with Crippen LogP contribution in [0.5, 0.6) is 0 Å². The van der Waals surface area contributed by atoms with Gasteiger partial charge >= 0.3 is 0 Å². The average molecular weight is 331 g/mol. The molecule has 3 rings (SSSR count). The molecule has 1 aromatic rings. The highest BCUT2D eigenvalue weighted by Crippen LogP contribution is 2.35. The number of ether oxygens (including phenoxy) is 1. The van der Waals surface area contributed by atoms with Crippen molar-refractivity contribution in [1.29, 1.82) is 0 Å². The number of carbonyl (C=O) groups excluding carboxylic acids is 1. The third kappa shape index (κ3) is 3.95. The molecule has 0 aliphatic carbocycles. The molecule has 0 saturated carbocycles. The summed E-state index contributed by atoms with van der Waals surface area (Å²) >= 11 is 0. The lowest BCUT2D eigenvalue weighted by atomic mass is 9.92. The molecule has 3 heterocycles. The molecule has 2 aliphatic heterocycles. The zero-order valence-electron chi connectivity index (χ0n) is 14.8. The fourth-order valence-electron chi connectivity index (χ4n) is 4.10. The maximum atomic E-state index is 12.5. The molecule has 24 heavy (non-hydrogen) atoms. The highest BCUT2D eigenvalue weighted by atomic mass is 16.5. The Morgan fingerprint density at radius 3 is 3.08 bits per heavy atom. The summed E-state index contributed by atoms with van der Waals surface area (Å²) in [6, 6.07) is 4.47. The average Bonchev–Trinajstić information content (AvgIpc) is 3.01. The zero-order valence-corrected chi connectivity index (χ0v) is 14.8. The van der Waals surface area contributed by atoms with Crippen molar-refractivity contribution >= 4 is 5.91 Å². The van der Waals surface area contributed by atoms with Gasteiger partial charge in [-0.05, 0) is 56.8 Å². The number of likely N-dealkylation sites (tertiary alicyclic amines) is 1. The Morgan fingerprint density at radius 2 is 2.33 bits per heavy atom. The van der Waals surface area contributed by atoms with Crippen molar-refractivity contribution in [3.05, 3.63) is 30.1 Å². The lowest BCUT2D eigenvalue weighted by Gasteiger charge is -2.29. The van der Waals surface area contributed by atoms with Gasteiger partial charge in [0.1, 0.15) is 0 Å². The lowest BCUT2D eigenvalue weighted by Crippen LogP contribution is -2.40. The summed E-state index contributed by atoms with van der Waals surface area (Å²) < 4.78 is 5.68. The molecule has 5 nitrogen and oxygen atoms in total. The van der Waals surface area contributed by atoms with Crippen molar-refractivity contribution in [2.75, 3.05) is 26.7 Å². The molecule has 0 aromatic carbocycles. The Hall–Kier alpha value is -1.46. The number of pyridine rings is 1. The minimum Gasteiger partial charge on any atom is -0.378 e. The van der Waals surface area contributed by atoms with Crippen molar-refractivity contribution in [3.63, 3.8) is 0 Å². The number of amides is 1. The minimum atomic E-state index is 0.111. The normalized spacial score (nSPS) is 31.1. The Balaban J connectivity index is 1.56. The predicted molar refractivity (Wildman–Crippen MR) is 93.5 cm³/mol. The van der Waals surface area contributed by atoms with E-state index in [9.17, 15) is 4.79 Å². The number of aromatic nitrogens is 1. The predicted octanol–water partition coefficient (Wildman–Crippen LogP) is 2.40. The first-order valence-corrected chi connectivity index (χ1v) is 9.18. The fraction of sp³-hybridized carbons (Fsp3) is 0.684. The summed E-state index contributed by atoms with van der Waals surface area (Å²) in [5, 5.41) is 3.22. The lowest BCUT2D eigenvalue weighted by molar-refractivity contribution is -0.130. The minimum absolute atomic E-state index is 0.111. The third-order valence-electron chi connectivity index (χ3n) is 5.53. The summed E-state index contributed by atoms with van der Waals surface area (Å²) in [5.41, 5.74) is 1.24. The molecule has 1 N–H and O–H groups in total. The Kier molecular flexibility index (Phi) is 5.85. The molecule has 0 unspecified atom stereocenters. The summed E-state index contributed by atoms with van der Waals surface area (Å²) in [7, 11) is 2.16. The van der Waals surface area contributed by atoms with Gasteiger partial charge in [0.25, 0.3) is 0 Å². The first-order chi connectivity index (χ1) is 11.7. The van der Waals surface area contributed by atoms with E-state index in [1.54, 1.807) is 0 Å². The van der Waals surface area contributed by atoms with Crippen LogP contribution in [-0.4, -0.2) is 48.6 Å². The third-order valence-corrected chi connectivity index (χ3v) is 5.53. The van der Waals surface area contributed by atoms with Crippen LogP contribution in [0.3, 0.4) is 0 Å². The monoisotopic (exact) mass is 331 g/mol. The van der Waals surface area contributed by atoms with E-state index in [1.807, 2.05) is 18.5 Å². The van der Waals surface area contributed by atoms with E-state index >= 15 is 0 Å². The van der Waals surface area contributed by atoms with Gasteiger partial charge in [-0.2, -0.15) is 0 Å². The molecule has 2 aliphatic rings. The Morgan fingerprint density at radius 1 is 1.46 bits per heavy atom. The van der Waals surface area contributed by atoms with E-state index in [0.717, 1.165) is 38.8 Å². The van der Waals surface area contributed by atoms with Gasteiger partial charge in [-0.25, -0.2) is 0 Å². The van der Waals surface area contributed by atoms with E-state index < -0.39 is 0 Å².